The van der Waals surface area contributed by atoms with Crippen molar-refractivity contribution in [3.63, 3.8) is 0 Å². The van der Waals surface area contributed by atoms with Crippen molar-refractivity contribution in [3.8, 4) is 0 Å². The molecule has 4 heteroatoms. The number of H-pyrrole nitrogens is 1. The number of rotatable bonds is 0. The van der Waals surface area contributed by atoms with Gasteiger partial charge in [0.2, 0.25) is 5.56 Å². The fraction of sp³-hybridized carbons (Fsp3) is 0.100. The number of hydrogen-bond acceptors (Lipinski definition) is 2. The maximum Gasteiger partial charge on any atom is 0.248 e. The Hall–Kier alpha value is -1.84. The summed E-state index contributed by atoms with van der Waals surface area (Å²) in [5.74, 6) is -0.359. The molecular weight excluding hydrogens is 183 g/mol. The van der Waals surface area contributed by atoms with E-state index >= 15 is 0 Å². The summed E-state index contributed by atoms with van der Waals surface area (Å²) in [7, 11) is 0. The first-order chi connectivity index (χ1) is 6.59. The van der Waals surface area contributed by atoms with E-state index in [-0.39, 0.29) is 17.1 Å². The number of anilines is 1. The number of benzene rings is 1. The minimum atomic E-state index is -0.359. The van der Waals surface area contributed by atoms with E-state index in [9.17, 15) is 9.18 Å². The van der Waals surface area contributed by atoms with Crippen LogP contribution in [0, 0.1) is 12.7 Å². The Bertz CT molecular complexity index is 560. The lowest BCUT2D eigenvalue weighted by Crippen LogP contribution is -2.05. The molecule has 0 radical (unpaired) electrons. The van der Waals surface area contributed by atoms with E-state index in [4.69, 9.17) is 5.73 Å². The van der Waals surface area contributed by atoms with Crippen LogP contribution in [-0.4, -0.2) is 4.98 Å². The molecule has 0 bridgehead atoms. The minimum absolute atomic E-state index is 0.241. The molecule has 0 aliphatic heterocycles. The summed E-state index contributed by atoms with van der Waals surface area (Å²) in [6.45, 7) is 1.65. The molecule has 0 aliphatic rings. The number of hydrogen-bond donors (Lipinski definition) is 2. The van der Waals surface area contributed by atoms with E-state index in [2.05, 4.69) is 4.98 Å². The third-order valence-electron chi connectivity index (χ3n) is 2.25. The highest BCUT2D eigenvalue weighted by atomic mass is 19.1. The van der Waals surface area contributed by atoms with Crippen molar-refractivity contribution in [2.75, 3.05) is 5.73 Å². The Morgan fingerprint density at radius 3 is 2.86 bits per heavy atom. The number of aromatic nitrogens is 1. The fourth-order valence-electron chi connectivity index (χ4n) is 1.46. The summed E-state index contributed by atoms with van der Waals surface area (Å²) in [4.78, 5) is 13.6. The van der Waals surface area contributed by atoms with Crippen LogP contribution in [0.2, 0.25) is 0 Å². The SMILES string of the molecule is Cc1c(F)cc(N)c2[nH]c(=O)ccc12. The van der Waals surface area contributed by atoms with Gasteiger partial charge < -0.3 is 10.7 Å². The first-order valence-corrected chi connectivity index (χ1v) is 4.17. The van der Waals surface area contributed by atoms with E-state index in [0.717, 1.165) is 0 Å². The molecule has 2 rings (SSSR count). The molecule has 0 atom stereocenters. The predicted octanol–water partition coefficient (Wildman–Crippen LogP) is 1.56. The molecule has 0 saturated carbocycles. The van der Waals surface area contributed by atoms with Crippen LogP contribution >= 0.6 is 0 Å². The maximum atomic E-state index is 13.2. The number of nitrogens with one attached hydrogen (secondary N) is 1. The van der Waals surface area contributed by atoms with Crippen molar-refractivity contribution >= 4 is 16.6 Å². The van der Waals surface area contributed by atoms with Gasteiger partial charge in [0.15, 0.2) is 0 Å². The van der Waals surface area contributed by atoms with Gasteiger partial charge in [-0.25, -0.2) is 4.39 Å². The van der Waals surface area contributed by atoms with Gasteiger partial charge in [-0.15, -0.1) is 0 Å². The van der Waals surface area contributed by atoms with Gasteiger partial charge in [0.25, 0.3) is 0 Å². The lowest BCUT2D eigenvalue weighted by molar-refractivity contribution is 0.621. The van der Waals surface area contributed by atoms with Crippen LogP contribution in [0.4, 0.5) is 10.1 Å². The molecule has 2 aromatic rings. The second-order valence-corrected chi connectivity index (χ2v) is 3.18. The molecule has 14 heavy (non-hydrogen) atoms. The number of halogens is 1. The Labute approximate surface area is 79.4 Å². The number of aromatic amines is 1. The monoisotopic (exact) mass is 192 g/mol. The summed E-state index contributed by atoms with van der Waals surface area (Å²) < 4.78 is 13.2. The zero-order valence-corrected chi connectivity index (χ0v) is 7.60. The van der Waals surface area contributed by atoms with Crippen LogP contribution in [0.15, 0.2) is 23.0 Å². The second kappa shape index (κ2) is 2.83. The lowest BCUT2D eigenvalue weighted by atomic mass is 10.1. The zero-order valence-electron chi connectivity index (χ0n) is 7.60. The van der Waals surface area contributed by atoms with Crippen molar-refractivity contribution in [2.24, 2.45) is 0 Å². The highest BCUT2D eigenvalue weighted by Crippen LogP contribution is 2.23. The van der Waals surface area contributed by atoms with E-state index in [1.165, 1.54) is 12.1 Å². The summed E-state index contributed by atoms with van der Waals surface area (Å²) in [6.07, 6.45) is 0. The first kappa shape index (κ1) is 8.74. The maximum absolute atomic E-state index is 13.2. The number of nitrogen functional groups attached to an aromatic ring is 1. The summed E-state index contributed by atoms with van der Waals surface area (Å²) in [5, 5.41) is 0.641. The highest BCUT2D eigenvalue weighted by molar-refractivity contribution is 5.91. The van der Waals surface area contributed by atoms with Crippen molar-refractivity contribution in [2.45, 2.75) is 6.92 Å². The van der Waals surface area contributed by atoms with Crippen LogP contribution in [0.25, 0.3) is 10.9 Å². The number of fused-ring (bicyclic) bond motifs is 1. The van der Waals surface area contributed by atoms with E-state index in [1.54, 1.807) is 13.0 Å². The fourth-order valence-corrected chi connectivity index (χ4v) is 1.46. The average molecular weight is 192 g/mol. The van der Waals surface area contributed by atoms with Crippen LogP contribution < -0.4 is 11.3 Å². The van der Waals surface area contributed by atoms with Gasteiger partial charge >= 0.3 is 0 Å². The number of pyridine rings is 1. The van der Waals surface area contributed by atoms with Crippen LogP contribution in [-0.2, 0) is 0 Å². The van der Waals surface area contributed by atoms with Gasteiger partial charge in [-0.05, 0) is 24.6 Å². The molecule has 1 heterocycles. The average Bonchev–Trinajstić information content (AvgIpc) is 2.14. The Balaban J connectivity index is 3.02. The van der Waals surface area contributed by atoms with Crippen LogP contribution in [0.1, 0.15) is 5.56 Å². The molecule has 1 aromatic heterocycles. The first-order valence-electron chi connectivity index (χ1n) is 4.17. The van der Waals surface area contributed by atoms with Crippen molar-refractivity contribution < 1.29 is 4.39 Å². The topological polar surface area (TPSA) is 58.9 Å². The predicted molar refractivity (Wildman–Crippen MR) is 53.7 cm³/mol. The smallest absolute Gasteiger partial charge is 0.248 e. The molecule has 72 valence electrons. The third-order valence-corrected chi connectivity index (χ3v) is 2.25. The number of nitrogens with two attached hydrogens (primary N) is 1. The molecular formula is C10H9FN2O. The van der Waals surface area contributed by atoms with Gasteiger partial charge in [0, 0.05) is 11.5 Å². The summed E-state index contributed by atoms with van der Waals surface area (Å²) in [6, 6.07) is 4.14. The van der Waals surface area contributed by atoms with Gasteiger partial charge in [-0.3, -0.25) is 4.79 Å². The quantitative estimate of drug-likeness (QED) is 0.622. The molecule has 0 saturated heterocycles. The largest absolute Gasteiger partial charge is 0.397 e. The van der Waals surface area contributed by atoms with Gasteiger partial charge in [-0.2, -0.15) is 0 Å². The molecule has 0 fully saturated rings. The van der Waals surface area contributed by atoms with Gasteiger partial charge in [0.05, 0.1) is 11.2 Å². The van der Waals surface area contributed by atoms with Gasteiger partial charge in [-0.1, -0.05) is 0 Å². The third kappa shape index (κ3) is 1.16. The van der Waals surface area contributed by atoms with Crippen LogP contribution in [0.3, 0.4) is 0 Å². The molecule has 0 aliphatic carbocycles. The van der Waals surface area contributed by atoms with Crippen molar-refractivity contribution in [1.29, 1.82) is 0 Å². The summed E-state index contributed by atoms with van der Waals surface area (Å²) in [5.41, 5.74) is 6.58. The molecule has 1 aromatic carbocycles. The zero-order chi connectivity index (χ0) is 10.3. The van der Waals surface area contributed by atoms with E-state index in [0.29, 0.717) is 16.5 Å². The highest BCUT2D eigenvalue weighted by Gasteiger charge is 2.07. The Morgan fingerprint density at radius 2 is 2.14 bits per heavy atom. The van der Waals surface area contributed by atoms with Gasteiger partial charge in [0.1, 0.15) is 5.82 Å². The summed E-state index contributed by atoms with van der Waals surface area (Å²) >= 11 is 0. The standard InChI is InChI=1S/C10H9FN2O/c1-5-6-2-3-9(14)13-10(6)8(12)4-7(5)11/h2-4H,12H2,1H3,(H,13,14). The normalized spacial score (nSPS) is 10.7. The van der Waals surface area contributed by atoms with E-state index in [1.807, 2.05) is 0 Å². The van der Waals surface area contributed by atoms with E-state index < -0.39 is 0 Å². The molecule has 0 unspecified atom stereocenters. The molecule has 0 amide bonds. The van der Waals surface area contributed by atoms with Crippen molar-refractivity contribution in [3.05, 3.63) is 39.9 Å². The Kier molecular flexibility index (Phi) is 1.77. The Morgan fingerprint density at radius 1 is 1.43 bits per heavy atom. The second-order valence-electron chi connectivity index (χ2n) is 3.18. The van der Waals surface area contributed by atoms with Crippen molar-refractivity contribution in [1.82, 2.24) is 4.98 Å². The van der Waals surface area contributed by atoms with Crippen LogP contribution in [0.5, 0.6) is 0 Å². The minimum Gasteiger partial charge on any atom is -0.397 e. The number of aryl methyl sites for hydroxylation is 1. The molecule has 0 spiro atoms. The molecule has 3 nitrogen and oxygen atoms in total. The lowest BCUT2D eigenvalue weighted by Gasteiger charge is -2.05. The molecule has 3 N–H and O–H groups in total.